The number of nitrogens with zero attached hydrogens (tertiary/aromatic N) is 2. The van der Waals surface area contributed by atoms with Crippen LogP contribution in [0.2, 0.25) is 0 Å². The molecule has 0 atom stereocenters. The molecule has 1 aromatic heterocycles. The van der Waals surface area contributed by atoms with E-state index < -0.39 is 0 Å². The van der Waals surface area contributed by atoms with Crippen molar-refractivity contribution in [2.45, 2.75) is 13.5 Å². The molecular formula is C14H16FN3O2. The van der Waals surface area contributed by atoms with Gasteiger partial charge in [0.15, 0.2) is 0 Å². The second kappa shape index (κ2) is 5.32. The molecule has 2 rings (SSSR count). The number of benzene rings is 1. The molecule has 0 fully saturated rings. The van der Waals surface area contributed by atoms with Gasteiger partial charge < -0.3 is 5.32 Å². The number of halogens is 1. The third kappa shape index (κ3) is 2.64. The molecular weight excluding hydrogens is 261 g/mol. The summed E-state index contributed by atoms with van der Waals surface area (Å²) in [6.45, 7) is 1.99. The molecule has 2 aromatic rings. The summed E-state index contributed by atoms with van der Waals surface area (Å²) in [4.78, 5) is 23.4. The zero-order valence-electron chi connectivity index (χ0n) is 11.6. The van der Waals surface area contributed by atoms with E-state index in [1.807, 2.05) is 0 Å². The number of hydrogen-bond donors (Lipinski definition) is 1. The van der Waals surface area contributed by atoms with E-state index in [0.717, 1.165) is 10.3 Å². The Bertz CT molecular complexity index is 762. The first-order chi connectivity index (χ1) is 9.40. The molecule has 5 nitrogen and oxygen atoms in total. The molecule has 0 aliphatic carbocycles. The van der Waals surface area contributed by atoms with Gasteiger partial charge in [-0.25, -0.2) is 9.18 Å². The Kier molecular flexibility index (Phi) is 3.74. The Labute approximate surface area is 115 Å². The normalized spacial score (nSPS) is 10.6. The van der Waals surface area contributed by atoms with Crippen LogP contribution in [0.1, 0.15) is 11.3 Å². The van der Waals surface area contributed by atoms with Crippen molar-refractivity contribution in [1.82, 2.24) is 9.13 Å². The van der Waals surface area contributed by atoms with Gasteiger partial charge in [-0.15, -0.1) is 0 Å². The van der Waals surface area contributed by atoms with Gasteiger partial charge in [-0.3, -0.25) is 13.9 Å². The van der Waals surface area contributed by atoms with Gasteiger partial charge in [-0.2, -0.15) is 0 Å². The lowest BCUT2D eigenvalue weighted by Gasteiger charge is -2.11. The number of nitrogens with one attached hydrogen (secondary N) is 1. The zero-order valence-corrected chi connectivity index (χ0v) is 11.6. The van der Waals surface area contributed by atoms with Crippen LogP contribution in [0.4, 0.5) is 10.1 Å². The van der Waals surface area contributed by atoms with E-state index in [9.17, 15) is 14.0 Å². The second-order valence-corrected chi connectivity index (χ2v) is 4.69. The predicted octanol–water partition coefficient (Wildman–Crippen LogP) is 1.14. The first kappa shape index (κ1) is 14.0. The molecule has 0 unspecified atom stereocenters. The lowest BCUT2D eigenvalue weighted by molar-refractivity contribution is 0.618. The lowest BCUT2D eigenvalue weighted by atomic mass is 10.2. The summed E-state index contributed by atoms with van der Waals surface area (Å²) in [5.41, 5.74) is 1.12. The molecule has 20 heavy (non-hydrogen) atoms. The van der Waals surface area contributed by atoms with Crippen molar-refractivity contribution in [3.05, 3.63) is 62.2 Å². The van der Waals surface area contributed by atoms with Gasteiger partial charge in [0.2, 0.25) is 0 Å². The summed E-state index contributed by atoms with van der Waals surface area (Å²) < 4.78 is 15.6. The van der Waals surface area contributed by atoms with Gasteiger partial charge in [0.05, 0.1) is 6.54 Å². The quantitative estimate of drug-likeness (QED) is 0.915. The summed E-state index contributed by atoms with van der Waals surface area (Å²) >= 11 is 0. The van der Waals surface area contributed by atoms with Crippen LogP contribution in [0.5, 0.6) is 0 Å². The minimum Gasteiger partial charge on any atom is -0.379 e. The van der Waals surface area contributed by atoms with Crippen LogP contribution in [-0.4, -0.2) is 9.13 Å². The Morgan fingerprint density at radius 2 is 1.85 bits per heavy atom. The molecule has 0 spiro atoms. The van der Waals surface area contributed by atoms with Crippen molar-refractivity contribution in [1.29, 1.82) is 0 Å². The monoisotopic (exact) mass is 277 g/mol. The van der Waals surface area contributed by atoms with E-state index in [2.05, 4.69) is 5.32 Å². The molecule has 1 heterocycles. The highest BCUT2D eigenvalue weighted by atomic mass is 19.1. The van der Waals surface area contributed by atoms with Crippen LogP contribution in [0.15, 0.2) is 33.9 Å². The molecule has 106 valence electrons. The van der Waals surface area contributed by atoms with Gasteiger partial charge in [0.1, 0.15) is 5.82 Å². The SMILES string of the molecule is Cc1cc(NCc2cc(=O)n(C)c(=O)n2C)ccc1F. The predicted molar refractivity (Wildman–Crippen MR) is 75.4 cm³/mol. The maximum Gasteiger partial charge on any atom is 0.330 e. The fraction of sp³-hybridized carbons (Fsp3) is 0.286. The van der Waals surface area contributed by atoms with Crippen molar-refractivity contribution in [3.63, 3.8) is 0 Å². The van der Waals surface area contributed by atoms with Crippen molar-refractivity contribution in [2.75, 3.05) is 5.32 Å². The minimum absolute atomic E-state index is 0.267. The summed E-state index contributed by atoms with van der Waals surface area (Å²) in [6.07, 6.45) is 0. The molecule has 1 aromatic carbocycles. The van der Waals surface area contributed by atoms with Crippen LogP contribution in [-0.2, 0) is 20.6 Å². The summed E-state index contributed by atoms with van der Waals surface area (Å²) in [5, 5.41) is 3.07. The number of anilines is 1. The maximum absolute atomic E-state index is 13.2. The summed E-state index contributed by atoms with van der Waals surface area (Å²) in [6, 6.07) is 6.07. The Morgan fingerprint density at radius 1 is 1.15 bits per heavy atom. The second-order valence-electron chi connectivity index (χ2n) is 4.69. The average molecular weight is 277 g/mol. The largest absolute Gasteiger partial charge is 0.379 e. The van der Waals surface area contributed by atoms with E-state index in [4.69, 9.17) is 0 Å². The van der Waals surface area contributed by atoms with Crippen LogP contribution in [0.3, 0.4) is 0 Å². The van der Waals surface area contributed by atoms with Gasteiger partial charge >= 0.3 is 5.69 Å². The fourth-order valence-corrected chi connectivity index (χ4v) is 1.90. The first-order valence-corrected chi connectivity index (χ1v) is 6.16. The van der Waals surface area contributed by atoms with Crippen molar-refractivity contribution in [3.8, 4) is 0 Å². The highest BCUT2D eigenvalue weighted by molar-refractivity contribution is 5.46. The summed E-state index contributed by atoms with van der Waals surface area (Å²) in [5.74, 6) is -0.267. The highest BCUT2D eigenvalue weighted by Crippen LogP contribution is 2.14. The van der Waals surface area contributed by atoms with E-state index in [1.54, 1.807) is 26.1 Å². The molecule has 0 saturated carbocycles. The van der Waals surface area contributed by atoms with Crippen molar-refractivity contribution in [2.24, 2.45) is 14.1 Å². The number of rotatable bonds is 3. The number of hydrogen-bond acceptors (Lipinski definition) is 3. The van der Waals surface area contributed by atoms with Crippen LogP contribution in [0, 0.1) is 12.7 Å². The Hall–Kier alpha value is -2.37. The third-order valence-corrected chi connectivity index (χ3v) is 3.26. The maximum atomic E-state index is 13.2. The smallest absolute Gasteiger partial charge is 0.330 e. The molecule has 0 saturated heterocycles. The van der Waals surface area contributed by atoms with Gasteiger partial charge in [-0.05, 0) is 30.7 Å². The zero-order chi connectivity index (χ0) is 14.9. The average Bonchev–Trinajstić information content (AvgIpc) is 2.42. The van der Waals surface area contributed by atoms with E-state index >= 15 is 0 Å². The van der Waals surface area contributed by atoms with E-state index in [1.165, 1.54) is 23.7 Å². The van der Waals surface area contributed by atoms with Crippen molar-refractivity contribution < 1.29 is 4.39 Å². The third-order valence-electron chi connectivity index (χ3n) is 3.26. The Morgan fingerprint density at radius 3 is 2.50 bits per heavy atom. The van der Waals surface area contributed by atoms with Crippen LogP contribution < -0.4 is 16.6 Å². The van der Waals surface area contributed by atoms with Gasteiger partial charge in [0.25, 0.3) is 5.56 Å². The molecule has 0 bridgehead atoms. The molecule has 0 aliphatic rings. The Balaban J connectivity index is 2.25. The number of aromatic nitrogens is 2. The molecule has 0 amide bonds. The van der Waals surface area contributed by atoms with Crippen LogP contribution in [0.25, 0.3) is 0 Å². The summed E-state index contributed by atoms with van der Waals surface area (Å²) in [7, 11) is 3.04. The highest BCUT2D eigenvalue weighted by Gasteiger charge is 2.06. The topological polar surface area (TPSA) is 56.0 Å². The fourth-order valence-electron chi connectivity index (χ4n) is 1.90. The molecule has 0 aliphatic heterocycles. The lowest BCUT2D eigenvalue weighted by Crippen LogP contribution is -2.38. The minimum atomic E-state index is -0.371. The number of aryl methyl sites for hydroxylation is 1. The van der Waals surface area contributed by atoms with Gasteiger partial charge in [0, 0.05) is 31.5 Å². The van der Waals surface area contributed by atoms with E-state index in [-0.39, 0.29) is 17.1 Å². The molecule has 0 radical (unpaired) electrons. The molecule has 1 N–H and O–H groups in total. The molecule has 6 heteroatoms. The van der Waals surface area contributed by atoms with Gasteiger partial charge in [-0.1, -0.05) is 0 Å². The van der Waals surface area contributed by atoms with E-state index in [0.29, 0.717) is 17.8 Å². The van der Waals surface area contributed by atoms with Crippen molar-refractivity contribution >= 4 is 5.69 Å². The van der Waals surface area contributed by atoms with Crippen LogP contribution >= 0.6 is 0 Å². The standard InChI is InChI=1S/C14H16FN3O2/c1-9-6-10(4-5-12(9)15)16-8-11-7-13(19)18(3)14(20)17(11)2/h4-7,16H,8H2,1-3H3. The first-order valence-electron chi connectivity index (χ1n) is 6.16.